The van der Waals surface area contributed by atoms with Crippen LogP contribution < -0.4 is 0 Å². The molecular weight excluding hydrogens is 358 g/mol. The van der Waals surface area contributed by atoms with Crippen molar-refractivity contribution in [3.63, 3.8) is 0 Å². The van der Waals surface area contributed by atoms with Crippen molar-refractivity contribution in [3.8, 4) is 0 Å². The molecule has 2 aliphatic heterocycles. The Balaban J connectivity index is 1.49. The SMILES string of the molecule is CN1CCN([C@@H]2CN(CC=Cc3ccccc3)CC[C@]2(O)c2ccccc2)CC1. The highest BCUT2D eigenvalue weighted by atomic mass is 16.3. The Bertz CT molecular complexity index is 786. The Morgan fingerprint density at radius 3 is 2.28 bits per heavy atom. The molecule has 0 aromatic heterocycles. The van der Waals surface area contributed by atoms with Crippen LogP contribution in [0.2, 0.25) is 0 Å². The highest BCUT2D eigenvalue weighted by Crippen LogP contribution is 2.36. The summed E-state index contributed by atoms with van der Waals surface area (Å²) < 4.78 is 0. The van der Waals surface area contributed by atoms with E-state index in [4.69, 9.17) is 0 Å². The number of benzene rings is 2. The molecule has 0 unspecified atom stereocenters. The van der Waals surface area contributed by atoms with Crippen molar-refractivity contribution < 1.29 is 5.11 Å². The van der Waals surface area contributed by atoms with Crippen molar-refractivity contribution in [2.24, 2.45) is 0 Å². The summed E-state index contributed by atoms with van der Waals surface area (Å²) in [6.45, 7) is 6.89. The van der Waals surface area contributed by atoms with Gasteiger partial charge in [0.15, 0.2) is 0 Å². The first kappa shape index (κ1) is 20.3. The van der Waals surface area contributed by atoms with Crippen molar-refractivity contribution in [1.29, 1.82) is 0 Å². The van der Waals surface area contributed by atoms with Crippen molar-refractivity contribution in [1.82, 2.24) is 14.7 Å². The zero-order valence-electron chi connectivity index (χ0n) is 17.5. The van der Waals surface area contributed by atoms with Gasteiger partial charge >= 0.3 is 0 Å². The lowest BCUT2D eigenvalue weighted by atomic mass is 9.79. The minimum atomic E-state index is -0.781. The second-order valence-electron chi connectivity index (χ2n) is 8.47. The smallest absolute Gasteiger partial charge is 0.108 e. The van der Waals surface area contributed by atoms with E-state index in [1.807, 2.05) is 24.3 Å². The van der Waals surface area contributed by atoms with Crippen LogP contribution in [-0.4, -0.2) is 78.7 Å². The van der Waals surface area contributed by atoms with Crippen molar-refractivity contribution in [3.05, 3.63) is 77.9 Å². The molecule has 2 aliphatic rings. The number of rotatable bonds is 5. The maximum atomic E-state index is 11.8. The van der Waals surface area contributed by atoms with Gasteiger partial charge in [0.05, 0.1) is 6.04 Å². The summed E-state index contributed by atoms with van der Waals surface area (Å²) in [5.74, 6) is 0. The number of hydrogen-bond acceptors (Lipinski definition) is 4. The Morgan fingerprint density at radius 1 is 0.931 bits per heavy atom. The maximum Gasteiger partial charge on any atom is 0.108 e. The van der Waals surface area contributed by atoms with Crippen LogP contribution in [0, 0.1) is 0 Å². The first-order valence-electron chi connectivity index (χ1n) is 10.8. The van der Waals surface area contributed by atoms with Crippen LogP contribution in [0.4, 0.5) is 0 Å². The van der Waals surface area contributed by atoms with Crippen LogP contribution in [0.15, 0.2) is 66.7 Å². The van der Waals surface area contributed by atoms with Gasteiger partial charge < -0.3 is 10.0 Å². The second kappa shape index (κ2) is 9.23. The standard InChI is InChI=1S/C25H33N3O/c1-26-17-19-28(20-18-26)24-21-27(15-8-11-22-9-4-2-5-10-22)16-14-25(24,29)23-12-6-3-7-13-23/h2-13,24,29H,14-21H2,1H3/t24-,25+/m1/s1. The molecule has 2 atom stereocenters. The molecule has 4 rings (SSSR count). The molecule has 2 aromatic rings. The fourth-order valence-electron chi connectivity index (χ4n) is 4.66. The van der Waals surface area contributed by atoms with E-state index in [1.165, 1.54) is 5.56 Å². The molecule has 0 amide bonds. The first-order valence-corrected chi connectivity index (χ1v) is 10.8. The molecule has 0 spiro atoms. The molecule has 0 bridgehead atoms. The van der Waals surface area contributed by atoms with Crippen LogP contribution in [0.3, 0.4) is 0 Å². The van der Waals surface area contributed by atoms with E-state index in [0.29, 0.717) is 0 Å². The lowest BCUT2D eigenvalue weighted by Gasteiger charge is -2.51. The largest absolute Gasteiger partial charge is 0.383 e. The highest BCUT2D eigenvalue weighted by molar-refractivity contribution is 5.48. The van der Waals surface area contributed by atoms with Gasteiger partial charge in [-0.3, -0.25) is 9.80 Å². The molecule has 0 saturated carbocycles. The lowest BCUT2D eigenvalue weighted by molar-refractivity contribution is -0.105. The molecule has 0 radical (unpaired) electrons. The quantitative estimate of drug-likeness (QED) is 0.849. The predicted molar refractivity (Wildman–Crippen MR) is 120 cm³/mol. The molecule has 2 saturated heterocycles. The molecule has 2 aromatic carbocycles. The normalized spacial score (nSPS) is 27.4. The molecule has 4 nitrogen and oxygen atoms in total. The van der Waals surface area contributed by atoms with Crippen LogP contribution in [0.5, 0.6) is 0 Å². The van der Waals surface area contributed by atoms with Crippen molar-refractivity contribution >= 4 is 6.08 Å². The first-order chi connectivity index (χ1) is 14.1. The average molecular weight is 392 g/mol. The fraction of sp³-hybridized carbons (Fsp3) is 0.440. The summed E-state index contributed by atoms with van der Waals surface area (Å²) in [4.78, 5) is 7.38. The van der Waals surface area contributed by atoms with Crippen LogP contribution in [-0.2, 0) is 5.60 Å². The summed E-state index contributed by atoms with van der Waals surface area (Å²) >= 11 is 0. The minimum absolute atomic E-state index is 0.123. The number of nitrogens with zero attached hydrogens (tertiary/aromatic N) is 3. The zero-order valence-corrected chi connectivity index (χ0v) is 17.5. The Kier molecular flexibility index (Phi) is 6.46. The van der Waals surface area contributed by atoms with Gasteiger partial charge in [-0.1, -0.05) is 72.8 Å². The Morgan fingerprint density at radius 2 is 1.59 bits per heavy atom. The third-order valence-electron chi connectivity index (χ3n) is 6.52. The Labute approximate surface area is 175 Å². The van der Waals surface area contributed by atoms with E-state index in [0.717, 1.165) is 57.8 Å². The molecule has 2 heterocycles. The molecule has 154 valence electrons. The van der Waals surface area contributed by atoms with E-state index in [2.05, 4.69) is 70.3 Å². The molecule has 4 heteroatoms. The van der Waals surface area contributed by atoms with Crippen LogP contribution in [0.25, 0.3) is 6.08 Å². The van der Waals surface area contributed by atoms with Gasteiger partial charge in [-0.25, -0.2) is 0 Å². The highest BCUT2D eigenvalue weighted by Gasteiger charge is 2.45. The summed E-state index contributed by atoms with van der Waals surface area (Å²) in [5.41, 5.74) is 1.51. The van der Waals surface area contributed by atoms with Gasteiger partial charge in [-0.05, 0) is 24.6 Å². The van der Waals surface area contributed by atoms with E-state index in [-0.39, 0.29) is 6.04 Å². The molecule has 29 heavy (non-hydrogen) atoms. The number of likely N-dealkylation sites (tertiary alicyclic amines) is 1. The summed E-state index contributed by atoms with van der Waals surface area (Å²) in [5, 5.41) is 11.8. The van der Waals surface area contributed by atoms with E-state index in [9.17, 15) is 5.11 Å². The number of hydrogen-bond donors (Lipinski definition) is 1. The number of piperazine rings is 1. The summed E-state index contributed by atoms with van der Waals surface area (Å²) in [7, 11) is 2.18. The molecule has 0 aliphatic carbocycles. The van der Waals surface area contributed by atoms with Crippen LogP contribution >= 0.6 is 0 Å². The number of likely N-dealkylation sites (N-methyl/N-ethyl adjacent to an activating group) is 1. The third kappa shape index (κ3) is 4.78. The number of aliphatic hydroxyl groups is 1. The average Bonchev–Trinajstić information content (AvgIpc) is 2.77. The van der Waals surface area contributed by atoms with E-state index < -0.39 is 5.60 Å². The van der Waals surface area contributed by atoms with Gasteiger partial charge in [-0.2, -0.15) is 0 Å². The second-order valence-corrected chi connectivity index (χ2v) is 8.47. The lowest BCUT2D eigenvalue weighted by Crippen LogP contribution is -2.63. The van der Waals surface area contributed by atoms with Gasteiger partial charge in [0.25, 0.3) is 0 Å². The maximum absolute atomic E-state index is 11.8. The summed E-state index contributed by atoms with van der Waals surface area (Å²) in [6.07, 6.45) is 5.22. The monoisotopic (exact) mass is 391 g/mol. The van der Waals surface area contributed by atoms with Gasteiger partial charge in [0.2, 0.25) is 0 Å². The Hall–Kier alpha value is -1.98. The van der Waals surface area contributed by atoms with E-state index in [1.54, 1.807) is 0 Å². The van der Waals surface area contributed by atoms with Gasteiger partial charge in [0, 0.05) is 45.8 Å². The zero-order chi connectivity index (χ0) is 20.1. The number of piperidine rings is 1. The summed E-state index contributed by atoms with van der Waals surface area (Å²) in [6, 6.07) is 20.9. The fourth-order valence-corrected chi connectivity index (χ4v) is 4.66. The molecule has 2 fully saturated rings. The van der Waals surface area contributed by atoms with Crippen molar-refractivity contribution in [2.75, 3.05) is 52.9 Å². The predicted octanol–water partition coefficient (Wildman–Crippen LogP) is 2.91. The topological polar surface area (TPSA) is 30.0 Å². The van der Waals surface area contributed by atoms with Gasteiger partial charge in [0.1, 0.15) is 5.60 Å². The van der Waals surface area contributed by atoms with Gasteiger partial charge in [-0.15, -0.1) is 0 Å². The minimum Gasteiger partial charge on any atom is -0.383 e. The van der Waals surface area contributed by atoms with Crippen molar-refractivity contribution in [2.45, 2.75) is 18.1 Å². The van der Waals surface area contributed by atoms with E-state index >= 15 is 0 Å². The molecular formula is C25H33N3O. The van der Waals surface area contributed by atoms with Crippen LogP contribution in [0.1, 0.15) is 17.5 Å². The molecule has 1 N–H and O–H groups in total. The third-order valence-corrected chi connectivity index (χ3v) is 6.52.